The van der Waals surface area contributed by atoms with E-state index >= 15 is 0 Å². The highest BCUT2D eigenvalue weighted by atomic mass is 16.1. The summed E-state index contributed by atoms with van der Waals surface area (Å²) >= 11 is 0. The maximum absolute atomic E-state index is 11.2. The van der Waals surface area contributed by atoms with Crippen molar-refractivity contribution in [3.05, 3.63) is 0 Å². The lowest BCUT2D eigenvalue weighted by Gasteiger charge is -2.36. The predicted molar refractivity (Wildman–Crippen MR) is 48.9 cm³/mol. The molecule has 1 amide bonds. The summed E-state index contributed by atoms with van der Waals surface area (Å²) in [5, 5.41) is 3.00. The molecule has 12 heavy (non-hydrogen) atoms. The first-order valence-electron chi connectivity index (χ1n) is 4.56. The number of carbonyl (C=O) groups excluding carboxylic acids is 1. The van der Waals surface area contributed by atoms with Gasteiger partial charge in [0, 0.05) is 19.5 Å². The maximum atomic E-state index is 11.2. The minimum atomic E-state index is 0.197. The fourth-order valence-corrected chi connectivity index (χ4v) is 1.45. The van der Waals surface area contributed by atoms with E-state index in [1.165, 1.54) is 0 Å². The molecule has 0 atom stereocenters. The summed E-state index contributed by atoms with van der Waals surface area (Å²) in [6.45, 7) is 6.13. The Morgan fingerprint density at radius 2 is 2.17 bits per heavy atom. The van der Waals surface area contributed by atoms with E-state index in [0.717, 1.165) is 13.1 Å². The van der Waals surface area contributed by atoms with Crippen molar-refractivity contribution in [2.75, 3.05) is 20.1 Å². The van der Waals surface area contributed by atoms with Gasteiger partial charge in [0.2, 0.25) is 5.91 Å². The third-order valence-electron chi connectivity index (χ3n) is 2.02. The minimum absolute atomic E-state index is 0.197. The smallest absolute Gasteiger partial charge is 0.220 e. The molecule has 1 N–H and O–H groups in total. The quantitative estimate of drug-likeness (QED) is 0.667. The molecule has 0 saturated carbocycles. The number of carbonyl (C=O) groups is 1. The lowest BCUT2D eigenvalue weighted by atomic mass is 10.1. The van der Waals surface area contributed by atoms with Gasteiger partial charge in [-0.1, -0.05) is 13.8 Å². The van der Waals surface area contributed by atoms with Crippen molar-refractivity contribution in [2.24, 2.45) is 5.92 Å². The normalized spacial score (nSPS) is 19.3. The second-order valence-corrected chi connectivity index (χ2v) is 4.08. The summed E-state index contributed by atoms with van der Waals surface area (Å²) < 4.78 is 0. The molecule has 3 heteroatoms. The van der Waals surface area contributed by atoms with E-state index in [2.05, 4.69) is 31.1 Å². The van der Waals surface area contributed by atoms with Crippen molar-refractivity contribution < 1.29 is 4.79 Å². The Labute approximate surface area is 74.1 Å². The monoisotopic (exact) mass is 170 g/mol. The summed E-state index contributed by atoms with van der Waals surface area (Å²) in [5.74, 6) is 0.658. The molecule has 3 nitrogen and oxygen atoms in total. The zero-order chi connectivity index (χ0) is 9.14. The third kappa shape index (κ3) is 2.81. The minimum Gasteiger partial charge on any atom is -0.351 e. The van der Waals surface area contributed by atoms with Crippen molar-refractivity contribution in [3.63, 3.8) is 0 Å². The summed E-state index contributed by atoms with van der Waals surface area (Å²) in [6.07, 6.45) is 0.653. The zero-order valence-electron chi connectivity index (χ0n) is 8.13. The van der Waals surface area contributed by atoms with Gasteiger partial charge in [-0.05, 0) is 13.0 Å². The van der Waals surface area contributed by atoms with E-state index < -0.39 is 0 Å². The van der Waals surface area contributed by atoms with Crippen molar-refractivity contribution in [1.82, 2.24) is 10.2 Å². The first-order valence-corrected chi connectivity index (χ1v) is 4.56. The van der Waals surface area contributed by atoms with Crippen LogP contribution in [0.3, 0.4) is 0 Å². The van der Waals surface area contributed by atoms with E-state index in [0.29, 0.717) is 18.4 Å². The van der Waals surface area contributed by atoms with Gasteiger partial charge in [-0.25, -0.2) is 0 Å². The Morgan fingerprint density at radius 3 is 2.58 bits per heavy atom. The van der Waals surface area contributed by atoms with E-state index in [9.17, 15) is 4.79 Å². The number of hydrogen-bond acceptors (Lipinski definition) is 2. The number of likely N-dealkylation sites (N-methyl/N-ethyl adjacent to an activating group) is 1. The Hall–Kier alpha value is -0.570. The number of rotatable bonds is 3. The van der Waals surface area contributed by atoms with Crippen molar-refractivity contribution in [2.45, 2.75) is 26.3 Å². The number of likely N-dealkylation sites (tertiary alicyclic amines) is 1. The molecule has 0 bridgehead atoms. The van der Waals surface area contributed by atoms with Gasteiger partial charge >= 0.3 is 0 Å². The highest BCUT2D eigenvalue weighted by Gasteiger charge is 2.24. The van der Waals surface area contributed by atoms with Crippen LogP contribution in [0, 0.1) is 5.92 Å². The van der Waals surface area contributed by atoms with Crippen LogP contribution < -0.4 is 5.32 Å². The molecule has 0 aliphatic carbocycles. The van der Waals surface area contributed by atoms with Crippen molar-refractivity contribution >= 4 is 5.91 Å². The second kappa shape index (κ2) is 3.90. The van der Waals surface area contributed by atoms with E-state index in [4.69, 9.17) is 0 Å². The van der Waals surface area contributed by atoms with Crippen LogP contribution in [0.15, 0.2) is 0 Å². The van der Waals surface area contributed by atoms with Crippen LogP contribution in [0.25, 0.3) is 0 Å². The average molecular weight is 170 g/mol. The number of nitrogens with zero attached hydrogens (tertiary/aromatic N) is 1. The zero-order valence-corrected chi connectivity index (χ0v) is 8.13. The Balaban J connectivity index is 2.11. The number of hydrogen-bond donors (Lipinski definition) is 1. The van der Waals surface area contributed by atoms with Crippen LogP contribution in [0.1, 0.15) is 20.3 Å². The Bertz CT molecular complexity index is 162. The van der Waals surface area contributed by atoms with Crippen molar-refractivity contribution in [3.8, 4) is 0 Å². The van der Waals surface area contributed by atoms with Crippen LogP contribution in [0.2, 0.25) is 0 Å². The van der Waals surface area contributed by atoms with E-state index in [1.807, 2.05) is 0 Å². The topological polar surface area (TPSA) is 32.3 Å². The highest BCUT2D eigenvalue weighted by molar-refractivity contribution is 5.76. The molecule has 1 saturated heterocycles. The van der Waals surface area contributed by atoms with Gasteiger partial charge in [0.25, 0.3) is 0 Å². The van der Waals surface area contributed by atoms with Gasteiger partial charge in [-0.3, -0.25) is 4.79 Å². The lowest BCUT2D eigenvalue weighted by Crippen LogP contribution is -2.57. The summed E-state index contributed by atoms with van der Waals surface area (Å²) in [6, 6.07) is 0.404. The molecule has 0 unspecified atom stereocenters. The average Bonchev–Trinajstić information content (AvgIpc) is 1.82. The molecule has 0 aromatic heterocycles. The third-order valence-corrected chi connectivity index (χ3v) is 2.02. The van der Waals surface area contributed by atoms with Gasteiger partial charge in [0.15, 0.2) is 0 Å². The molecule has 1 heterocycles. The molecule has 1 aliphatic heterocycles. The first-order chi connectivity index (χ1) is 5.58. The largest absolute Gasteiger partial charge is 0.351 e. The van der Waals surface area contributed by atoms with Crippen LogP contribution in [0.4, 0.5) is 0 Å². The highest BCUT2D eigenvalue weighted by Crippen LogP contribution is 2.05. The summed E-state index contributed by atoms with van der Waals surface area (Å²) in [5.41, 5.74) is 0. The predicted octanol–water partition coefficient (Wildman–Crippen LogP) is 0.463. The molecule has 0 spiro atoms. The molecular weight excluding hydrogens is 152 g/mol. The standard InChI is InChI=1S/C9H18N2O/c1-7(2)4-9(12)10-8-5-11(3)6-8/h7-8H,4-6H2,1-3H3,(H,10,12). The molecule has 0 aromatic rings. The second-order valence-electron chi connectivity index (χ2n) is 4.08. The number of nitrogens with one attached hydrogen (secondary N) is 1. The Morgan fingerprint density at radius 1 is 1.58 bits per heavy atom. The van der Waals surface area contributed by atoms with Gasteiger partial charge in [-0.2, -0.15) is 0 Å². The number of amides is 1. The van der Waals surface area contributed by atoms with E-state index in [-0.39, 0.29) is 5.91 Å². The maximum Gasteiger partial charge on any atom is 0.220 e. The van der Waals surface area contributed by atoms with Gasteiger partial charge in [-0.15, -0.1) is 0 Å². The first kappa shape index (κ1) is 9.52. The molecule has 0 aromatic carbocycles. The fourth-order valence-electron chi connectivity index (χ4n) is 1.45. The molecule has 70 valence electrons. The van der Waals surface area contributed by atoms with Crippen LogP contribution >= 0.6 is 0 Å². The van der Waals surface area contributed by atoms with Crippen LogP contribution in [-0.2, 0) is 4.79 Å². The fraction of sp³-hybridized carbons (Fsp3) is 0.889. The Kier molecular flexibility index (Phi) is 3.09. The molecule has 1 rings (SSSR count). The molecule has 1 fully saturated rings. The van der Waals surface area contributed by atoms with Crippen molar-refractivity contribution in [1.29, 1.82) is 0 Å². The van der Waals surface area contributed by atoms with E-state index in [1.54, 1.807) is 0 Å². The molecule has 0 radical (unpaired) electrons. The van der Waals surface area contributed by atoms with Gasteiger partial charge in [0.1, 0.15) is 0 Å². The SMILES string of the molecule is CC(C)CC(=O)NC1CN(C)C1. The lowest BCUT2D eigenvalue weighted by molar-refractivity contribution is -0.123. The van der Waals surface area contributed by atoms with Crippen LogP contribution in [0.5, 0.6) is 0 Å². The van der Waals surface area contributed by atoms with Gasteiger partial charge < -0.3 is 10.2 Å². The summed E-state index contributed by atoms with van der Waals surface area (Å²) in [4.78, 5) is 13.4. The van der Waals surface area contributed by atoms with Gasteiger partial charge in [0.05, 0.1) is 6.04 Å². The summed E-state index contributed by atoms with van der Waals surface area (Å²) in [7, 11) is 2.06. The van der Waals surface area contributed by atoms with Crippen LogP contribution in [-0.4, -0.2) is 37.0 Å². The molecular formula is C9H18N2O. The molecule has 1 aliphatic rings.